The number of nitrogens with one attached hydrogen (secondary N) is 1. The quantitative estimate of drug-likeness (QED) is 0.784. The lowest BCUT2D eigenvalue weighted by atomic mass is 10.00. The zero-order valence-corrected chi connectivity index (χ0v) is 14.2. The molecule has 128 valence electrons. The number of fused-ring (bicyclic) bond motifs is 1. The van der Waals surface area contributed by atoms with Crippen molar-refractivity contribution in [3.8, 4) is 16.9 Å². The highest BCUT2D eigenvalue weighted by Crippen LogP contribution is 2.31. The third kappa shape index (κ3) is 3.49. The van der Waals surface area contributed by atoms with E-state index in [0.717, 1.165) is 28.0 Å². The van der Waals surface area contributed by atoms with Crippen molar-refractivity contribution in [2.75, 3.05) is 6.61 Å². The minimum Gasteiger partial charge on any atom is -0.488 e. The van der Waals surface area contributed by atoms with E-state index in [1.54, 1.807) is 12.4 Å². The number of hydrogen-bond acceptors (Lipinski definition) is 3. The monoisotopic (exact) mass is 342 g/mol. The van der Waals surface area contributed by atoms with Crippen LogP contribution in [0.5, 0.6) is 5.75 Å². The summed E-state index contributed by atoms with van der Waals surface area (Å²) in [6.07, 6.45) is 5.36. The average Bonchev–Trinajstić information content (AvgIpc) is 2.72. The molecule has 26 heavy (non-hydrogen) atoms. The molecule has 1 amide bonds. The van der Waals surface area contributed by atoms with E-state index in [4.69, 9.17) is 4.74 Å². The number of carbonyl (C=O) groups is 1. The molecule has 1 aromatic heterocycles. The van der Waals surface area contributed by atoms with Gasteiger partial charge in [-0.25, -0.2) is 0 Å². The van der Waals surface area contributed by atoms with Crippen LogP contribution in [0.2, 0.25) is 0 Å². The van der Waals surface area contributed by atoms with Crippen LogP contribution < -0.4 is 10.1 Å². The number of nitrogens with zero attached hydrogens (tertiary/aromatic N) is 1. The topological polar surface area (TPSA) is 51.2 Å². The molecule has 2 aromatic carbocycles. The van der Waals surface area contributed by atoms with Gasteiger partial charge < -0.3 is 10.1 Å². The highest BCUT2D eigenvalue weighted by molar-refractivity contribution is 5.99. The minimum atomic E-state index is -0.121. The predicted octanol–water partition coefficient (Wildman–Crippen LogP) is 3.84. The molecule has 4 nitrogen and oxygen atoms in total. The Bertz CT molecular complexity index is 950. The molecule has 0 saturated heterocycles. The van der Waals surface area contributed by atoms with Gasteiger partial charge in [0.25, 0.3) is 5.91 Å². The van der Waals surface area contributed by atoms with Gasteiger partial charge in [0.2, 0.25) is 0 Å². The van der Waals surface area contributed by atoms with Crippen molar-refractivity contribution >= 4 is 12.0 Å². The Morgan fingerprint density at radius 2 is 1.92 bits per heavy atom. The number of benzene rings is 2. The second kappa shape index (κ2) is 7.23. The molecule has 2 heterocycles. The molecule has 4 rings (SSSR count). The molecule has 0 unspecified atom stereocenters. The van der Waals surface area contributed by atoms with E-state index in [1.165, 1.54) is 0 Å². The summed E-state index contributed by atoms with van der Waals surface area (Å²) < 4.78 is 5.76. The summed E-state index contributed by atoms with van der Waals surface area (Å²) in [5.41, 5.74) is 4.73. The maximum atomic E-state index is 12.5. The van der Waals surface area contributed by atoms with Crippen molar-refractivity contribution < 1.29 is 9.53 Å². The highest BCUT2D eigenvalue weighted by atomic mass is 16.5. The fourth-order valence-electron chi connectivity index (χ4n) is 2.92. The first-order valence-electron chi connectivity index (χ1n) is 8.49. The first-order chi connectivity index (χ1) is 12.8. The van der Waals surface area contributed by atoms with Crippen molar-refractivity contribution in [3.63, 3.8) is 0 Å². The number of aromatic nitrogens is 1. The third-order valence-corrected chi connectivity index (χ3v) is 4.30. The van der Waals surface area contributed by atoms with Gasteiger partial charge in [-0.3, -0.25) is 9.78 Å². The van der Waals surface area contributed by atoms with Gasteiger partial charge in [-0.15, -0.1) is 0 Å². The van der Waals surface area contributed by atoms with E-state index >= 15 is 0 Å². The van der Waals surface area contributed by atoms with Gasteiger partial charge in [0, 0.05) is 24.5 Å². The van der Waals surface area contributed by atoms with Gasteiger partial charge in [0.1, 0.15) is 12.4 Å². The first kappa shape index (κ1) is 16.1. The van der Waals surface area contributed by atoms with E-state index in [-0.39, 0.29) is 12.5 Å². The molecule has 1 aliphatic heterocycles. The van der Waals surface area contributed by atoms with E-state index in [1.807, 2.05) is 48.5 Å². The van der Waals surface area contributed by atoms with E-state index in [2.05, 4.69) is 28.5 Å². The summed E-state index contributed by atoms with van der Waals surface area (Å²) in [6.45, 7) is 0.720. The molecule has 0 saturated carbocycles. The van der Waals surface area contributed by atoms with Gasteiger partial charge in [-0.2, -0.15) is 0 Å². The number of pyridine rings is 1. The van der Waals surface area contributed by atoms with Crippen LogP contribution in [0, 0.1) is 0 Å². The molecule has 4 heteroatoms. The summed E-state index contributed by atoms with van der Waals surface area (Å²) >= 11 is 0. The summed E-state index contributed by atoms with van der Waals surface area (Å²) in [5, 5.41) is 2.92. The molecular weight excluding hydrogens is 324 g/mol. The average molecular weight is 342 g/mol. The lowest BCUT2D eigenvalue weighted by Gasteiger charge is -2.18. The fourth-order valence-corrected chi connectivity index (χ4v) is 2.92. The Labute approximate surface area is 152 Å². The molecule has 0 fully saturated rings. The lowest BCUT2D eigenvalue weighted by molar-refractivity contribution is -0.117. The van der Waals surface area contributed by atoms with Crippen LogP contribution >= 0.6 is 0 Å². The number of hydrogen-bond donors (Lipinski definition) is 1. The molecular formula is C22H18N2O2. The van der Waals surface area contributed by atoms with Gasteiger partial charge in [-0.1, -0.05) is 42.5 Å². The lowest BCUT2D eigenvalue weighted by Crippen LogP contribution is -2.28. The maximum Gasteiger partial charge on any atom is 0.250 e. The zero-order chi connectivity index (χ0) is 17.8. The number of rotatable bonds is 4. The SMILES string of the molecule is O=C(NCc1cccnc1)C1=Cc2cc(-c3ccccc3)ccc2OC1. The summed E-state index contributed by atoms with van der Waals surface area (Å²) in [4.78, 5) is 16.5. The highest BCUT2D eigenvalue weighted by Gasteiger charge is 2.17. The maximum absolute atomic E-state index is 12.5. The standard InChI is InChI=1S/C22H18N2O2/c25-22(24-14-16-5-4-10-23-13-16)20-12-19-11-18(8-9-21(19)26-15-20)17-6-2-1-3-7-17/h1-13H,14-15H2,(H,24,25). The van der Waals surface area contributed by atoms with Crippen LogP contribution in [0.1, 0.15) is 11.1 Å². The van der Waals surface area contributed by atoms with Gasteiger partial charge >= 0.3 is 0 Å². The Morgan fingerprint density at radius 3 is 2.73 bits per heavy atom. The molecule has 0 radical (unpaired) electrons. The zero-order valence-electron chi connectivity index (χ0n) is 14.2. The van der Waals surface area contributed by atoms with Crippen molar-refractivity contribution in [2.45, 2.75) is 6.54 Å². The first-order valence-corrected chi connectivity index (χ1v) is 8.49. The molecule has 1 N–H and O–H groups in total. The van der Waals surface area contributed by atoms with Gasteiger partial charge in [0.15, 0.2) is 0 Å². The van der Waals surface area contributed by atoms with Crippen LogP contribution in [-0.2, 0) is 11.3 Å². The van der Waals surface area contributed by atoms with E-state index in [9.17, 15) is 4.79 Å². The Hall–Kier alpha value is -3.40. The van der Waals surface area contributed by atoms with E-state index < -0.39 is 0 Å². The molecule has 0 bridgehead atoms. The number of amides is 1. The molecule has 0 spiro atoms. The Kier molecular flexibility index (Phi) is 4.48. The van der Waals surface area contributed by atoms with Gasteiger partial charge in [-0.05, 0) is 41.0 Å². The van der Waals surface area contributed by atoms with Crippen LogP contribution in [-0.4, -0.2) is 17.5 Å². The summed E-state index contributed by atoms with van der Waals surface area (Å²) in [7, 11) is 0. The van der Waals surface area contributed by atoms with Crippen LogP contribution in [0.4, 0.5) is 0 Å². The fraction of sp³-hybridized carbons (Fsp3) is 0.0909. The minimum absolute atomic E-state index is 0.121. The number of carbonyl (C=O) groups excluding carboxylic acids is 1. The summed E-state index contributed by atoms with van der Waals surface area (Å²) in [5.74, 6) is 0.679. The summed E-state index contributed by atoms with van der Waals surface area (Å²) in [6, 6.07) is 20.0. The third-order valence-electron chi connectivity index (χ3n) is 4.30. The molecule has 1 aliphatic rings. The largest absolute Gasteiger partial charge is 0.488 e. The molecule has 3 aromatic rings. The Balaban J connectivity index is 1.53. The normalized spacial score (nSPS) is 12.5. The van der Waals surface area contributed by atoms with Crippen molar-refractivity contribution in [2.24, 2.45) is 0 Å². The van der Waals surface area contributed by atoms with Crippen LogP contribution in [0.3, 0.4) is 0 Å². The second-order valence-electron chi connectivity index (χ2n) is 6.12. The smallest absolute Gasteiger partial charge is 0.250 e. The number of ether oxygens (including phenoxy) is 1. The predicted molar refractivity (Wildman–Crippen MR) is 101 cm³/mol. The Morgan fingerprint density at radius 1 is 1.04 bits per heavy atom. The van der Waals surface area contributed by atoms with Crippen LogP contribution in [0.15, 0.2) is 78.6 Å². The van der Waals surface area contributed by atoms with Gasteiger partial charge in [0.05, 0.1) is 5.57 Å². The van der Waals surface area contributed by atoms with Crippen LogP contribution in [0.25, 0.3) is 17.2 Å². The molecule has 0 atom stereocenters. The molecule has 0 aliphatic carbocycles. The van der Waals surface area contributed by atoms with Crippen molar-refractivity contribution in [1.82, 2.24) is 10.3 Å². The van der Waals surface area contributed by atoms with E-state index in [0.29, 0.717) is 12.1 Å². The second-order valence-corrected chi connectivity index (χ2v) is 6.12. The van der Waals surface area contributed by atoms with Crippen molar-refractivity contribution in [3.05, 3.63) is 89.8 Å². The van der Waals surface area contributed by atoms with Crippen molar-refractivity contribution in [1.29, 1.82) is 0 Å².